The highest BCUT2D eigenvalue weighted by Gasteiger charge is 2.46. The first-order chi connectivity index (χ1) is 14.0. The highest BCUT2D eigenvalue weighted by Crippen LogP contribution is 2.42. The zero-order valence-electron chi connectivity index (χ0n) is 15.7. The van der Waals surface area contributed by atoms with Crippen LogP contribution in [-0.2, 0) is 9.59 Å². The number of benzene rings is 3. The Balaban J connectivity index is 1.93. The third-order valence-corrected chi connectivity index (χ3v) is 5.71. The van der Waals surface area contributed by atoms with Crippen molar-refractivity contribution in [2.45, 2.75) is 13.0 Å². The SMILES string of the molecule is Cc1ccc(/C(O)=C2\C(=O)C(=O)N(c3ccc(I)cc3)C2c2ccccc2)cc1. The summed E-state index contributed by atoms with van der Waals surface area (Å²) in [7, 11) is 0. The molecule has 3 aromatic carbocycles. The first-order valence-electron chi connectivity index (χ1n) is 9.16. The number of nitrogens with zero attached hydrogens (tertiary/aromatic N) is 1. The van der Waals surface area contributed by atoms with Gasteiger partial charge in [0.1, 0.15) is 5.76 Å². The molecule has 1 atom stereocenters. The molecule has 1 unspecified atom stereocenters. The van der Waals surface area contributed by atoms with E-state index in [-0.39, 0.29) is 11.3 Å². The van der Waals surface area contributed by atoms with Crippen LogP contribution in [0.3, 0.4) is 0 Å². The van der Waals surface area contributed by atoms with E-state index >= 15 is 0 Å². The number of amides is 1. The second-order valence-corrected chi connectivity index (χ2v) is 8.17. The molecule has 1 aliphatic heterocycles. The molecule has 0 aliphatic carbocycles. The van der Waals surface area contributed by atoms with Crippen LogP contribution in [0.15, 0.2) is 84.4 Å². The standard InChI is InChI=1S/C24H18INO3/c1-15-7-9-17(10-8-15)22(27)20-21(16-5-3-2-4-6-16)26(24(29)23(20)28)19-13-11-18(25)12-14-19/h2-14,21,27H,1H3/b22-20+. The van der Waals surface area contributed by atoms with Crippen molar-refractivity contribution >= 4 is 45.7 Å². The molecule has 0 radical (unpaired) electrons. The number of ketones is 1. The van der Waals surface area contributed by atoms with E-state index in [0.29, 0.717) is 11.3 Å². The van der Waals surface area contributed by atoms with Gasteiger partial charge in [0.05, 0.1) is 11.6 Å². The number of rotatable bonds is 3. The van der Waals surface area contributed by atoms with E-state index in [4.69, 9.17) is 0 Å². The minimum Gasteiger partial charge on any atom is -0.507 e. The summed E-state index contributed by atoms with van der Waals surface area (Å²) in [6, 6.07) is 23.2. The van der Waals surface area contributed by atoms with Crippen molar-refractivity contribution in [2.24, 2.45) is 0 Å². The number of carbonyl (C=O) groups excluding carboxylic acids is 2. The summed E-state index contributed by atoms with van der Waals surface area (Å²) in [5.41, 5.74) is 3.03. The van der Waals surface area contributed by atoms with E-state index in [0.717, 1.165) is 14.7 Å². The van der Waals surface area contributed by atoms with Crippen LogP contribution < -0.4 is 4.90 Å². The number of hydrogen-bond acceptors (Lipinski definition) is 3. The fourth-order valence-electron chi connectivity index (χ4n) is 3.52. The maximum Gasteiger partial charge on any atom is 0.300 e. The minimum atomic E-state index is -0.697. The van der Waals surface area contributed by atoms with Crippen LogP contribution in [0.5, 0.6) is 0 Å². The molecule has 1 heterocycles. The molecule has 0 aromatic heterocycles. The second-order valence-electron chi connectivity index (χ2n) is 6.92. The largest absolute Gasteiger partial charge is 0.507 e. The van der Waals surface area contributed by atoms with Gasteiger partial charge in [-0.25, -0.2) is 0 Å². The number of carbonyl (C=O) groups is 2. The normalized spacial score (nSPS) is 18.3. The molecule has 144 valence electrons. The monoisotopic (exact) mass is 495 g/mol. The number of Topliss-reactive ketones (excluding diaryl/α,β-unsaturated/α-hetero) is 1. The number of hydrogen-bond donors (Lipinski definition) is 1. The fraction of sp³-hybridized carbons (Fsp3) is 0.0833. The van der Waals surface area contributed by atoms with Gasteiger partial charge in [0, 0.05) is 14.8 Å². The summed E-state index contributed by atoms with van der Waals surface area (Å²) in [5.74, 6) is -1.49. The van der Waals surface area contributed by atoms with Gasteiger partial charge >= 0.3 is 0 Å². The van der Waals surface area contributed by atoms with Gasteiger partial charge in [-0.1, -0.05) is 60.2 Å². The van der Waals surface area contributed by atoms with Crippen LogP contribution in [0.25, 0.3) is 5.76 Å². The predicted molar refractivity (Wildman–Crippen MR) is 122 cm³/mol. The van der Waals surface area contributed by atoms with Crippen molar-refractivity contribution < 1.29 is 14.7 Å². The van der Waals surface area contributed by atoms with Crippen molar-refractivity contribution in [2.75, 3.05) is 4.90 Å². The van der Waals surface area contributed by atoms with Crippen molar-refractivity contribution in [1.82, 2.24) is 0 Å². The molecular weight excluding hydrogens is 477 g/mol. The van der Waals surface area contributed by atoms with Crippen molar-refractivity contribution in [3.05, 3.63) is 105 Å². The minimum absolute atomic E-state index is 0.101. The molecule has 29 heavy (non-hydrogen) atoms. The lowest BCUT2D eigenvalue weighted by molar-refractivity contribution is -0.132. The topological polar surface area (TPSA) is 57.6 Å². The Morgan fingerprint density at radius 2 is 1.52 bits per heavy atom. The van der Waals surface area contributed by atoms with Gasteiger partial charge in [0.15, 0.2) is 0 Å². The van der Waals surface area contributed by atoms with Crippen molar-refractivity contribution in [3.8, 4) is 0 Å². The summed E-state index contributed by atoms with van der Waals surface area (Å²) < 4.78 is 1.03. The van der Waals surface area contributed by atoms with Crippen LogP contribution in [0.1, 0.15) is 22.7 Å². The Morgan fingerprint density at radius 1 is 0.897 bits per heavy atom. The second kappa shape index (κ2) is 7.83. The zero-order valence-corrected chi connectivity index (χ0v) is 17.8. The average molecular weight is 495 g/mol. The maximum absolute atomic E-state index is 13.0. The Hall–Kier alpha value is -2.93. The summed E-state index contributed by atoms with van der Waals surface area (Å²) in [6.45, 7) is 1.95. The molecule has 1 saturated heterocycles. The maximum atomic E-state index is 13.0. The lowest BCUT2D eigenvalue weighted by Gasteiger charge is -2.25. The smallest absolute Gasteiger partial charge is 0.300 e. The molecular formula is C24H18INO3. The third kappa shape index (κ3) is 3.58. The van der Waals surface area contributed by atoms with Gasteiger partial charge < -0.3 is 5.11 Å². The molecule has 5 heteroatoms. The van der Waals surface area contributed by atoms with Crippen molar-refractivity contribution in [1.29, 1.82) is 0 Å². The van der Waals surface area contributed by atoms with Gasteiger partial charge in [-0.2, -0.15) is 0 Å². The molecule has 1 amide bonds. The Bertz CT molecular complexity index is 1100. The van der Waals surface area contributed by atoms with Gasteiger partial charge in [0.25, 0.3) is 11.7 Å². The van der Waals surface area contributed by atoms with E-state index in [2.05, 4.69) is 22.6 Å². The van der Waals surface area contributed by atoms with E-state index in [1.807, 2.05) is 73.7 Å². The zero-order chi connectivity index (χ0) is 20.5. The number of halogens is 1. The van der Waals surface area contributed by atoms with Gasteiger partial charge in [0.2, 0.25) is 0 Å². The van der Waals surface area contributed by atoms with Crippen LogP contribution in [0.2, 0.25) is 0 Å². The average Bonchev–Trinajstić information content (AvgIpc) is 3.00. The highest BCUT2D eigenvalue weighted by molar-refractivity contribution is 14.1. The first-order valence-corrected chi connectivity index (χ1v) is 10.2. The van der Waals surface area contributed by atoms with E-state index in [1.54, 1.807) is 12.1 Å². The molecule has 1 N–H and O–H groups in total. The first kappa shape index (κ1) is 19.4. The Labute approximate surface area is 182 Å². The molecule has 0 spiro atoms. The molecule has 0 bridgehead atoms. The van der Waals surface area contributed by atoms with E-state index in [9.17, 15) is 14.7 Å². The van der Waals surface area contributed by atoms with E-state index in [1.165, 1.54) is 4.90 Å². The number of anilines is 1. The summed E-state index contributed by atoms with van der Waals surface area (Å²) >= 11 is 2.19. The van der Waals surface area contributed by atoms with Crippen LogP contribution in [0, 0.1) is 10.5 Å². The van der Waals surface area contributed by atoms with Gasteiger partial charge in [-0.15, -0.1) is 0 Å². The number of aliphatic hydroxyl groups is 1. The number of aliphatic hydroxyl groups excluding tert-OH is 1. The summed E-state index contributed by atoms with van der Waals surface area (Å²) in [4.78, 5) is 27.5. The Kier molecular flexibility index (Phi) is 5.24. The molecule has 3 aromatic rings. The highest BCUT2D eigenvalue weighted by atomic mass is 127. The molecule has 4 nitrogen and oxygen atoms in total. The van der Waals surface area contributed by atoms with Crippen LogP contribution in [-0.4, -0.2) is 16.8 Å². The molecule has 1 aliphatic rings. The third-order valence-electron chi connectivity index (χ3n) is 4.99. The van der Waals surface area contributed by atoms with Crippen LogP contribution >= 0.6 is 22.6 Å². The summed E-state index contributed by atoms with van der Waals surface area (Å²) in [5, 5.41) is 11.0. The number of aryl methyl sites for hydroxylation is 1. The fourth-order valence-corrected chi connectivity index (χ4v) is 3.88. The quantitative estimate of drug-likeness (QED) is 0.235. The Morgan fingerprint density at radius 3 is 2.14 bits per heavy atom. The lowest BCUT2D eigenvalue weighted by Crippen LogP contribution is -2.29. The van der Waals surface area contributed by atoms with Gasteiger partial charge in [-0.05, 0) is 59.3 Å². The van der Waals surface area contributed by atoms with Crippen molar-refractivity contribution in [3.63, 3.8) is 0 Å². The molecule has 0 saturated carbocycles. The predicted octanol–water partition coefficient (Wildman–Crippen LogP) is 5.23. The molecule has 4 rings (SSSR count). The molecule has 1 fully saturated rings. The summed E-state index contributed by atoms with van der Waals surface area (Å²) in [6.07, 6.45) is 0. The lowest BCUT2D eigenvalue weighted by atomic mass is 9.95. The van der Waals surface area contributed by atoms with Crippen LogP contribution in [0.4, 0.5) is 5.69 Å². The van der Waals surface area contributed by atoms with Gasteiger partial charge in [-0.3, -0.25) is 14.5 Å². The van der Waals surface area contributed by atoms with E-state index < -0.39 is 17.7 Å².